The molecule has 0 aliphatic heterocycles. The molecular formula is C25H22N6O3S. The first-order valence-corrected chi connectivity index (χ1v) is 11.7. The molecule has 10 heteroatoms. The molecule has 0 unspecified atom stereocenters. The van der Waals surface area contributed by atoms with E-state index < -0.39 is 4.92 Å². The Morgan fingerprint density at radius 3 is 2.37 bits per heavy atom. The second kappa shape index (κ2) is 10.7. The summed E-state index contributed by atoms with van der Waals surface area (Å²) in [5.74, 6) is 0.456. The Labute approximate surface area is 206 Å². The van der Waals surface area contributed by atoms with Gasteiger partial charge in [0.25, 0.3) is 11.6 Å². The third-order valence-corrected chi connectivity index (χ3v) is 6.06. The van der Waals surface area contributed by atoms with E-state index >= 15 is 0 Å². The average molecular weight is 487 g/mol. The van der Waals surface area contributed by atoms with Crippen LogP contribution in [0.15, 0.2) is 89.1 Å². The molecule has 0 spiro atoms. The summed E-state index contributed by atoms with van der Waals surface area (Å²) in [6, 6.07) is 23.7. The molecule has 0 atom stereocenters. The van der Waals surface area contributed by atoms with E-state index in [9.17, 15) is 14.9 Å². The van der Waals surface area contributed by atoms with E-state index in [0.717, 1.165) is 16.8 Å². The number of nitrogens with zero attached hydrogens (tertiary/aromatic N) is 5. The predicted molar refractivity (Wildman–Crippen MR) is 136 cm³/mol. The zero-order chi connectivity index (χ0) is 24.8. The van der Waals surface area contributed by atoms with Gasteiger partial charge in [0.2, 0.25) is 0 Å². The highest BCUT2D eigenvalue weighted by molar-refractivity contribution is 7.99. The van der Waals surface area contributed by atoms with Crippen molar-refractivity contribution in [3.8, 4) is 17.1 Å². The molecule has 0 saturated heterocycles. The van der Waals surface area contributed by atoms with Crippen molar-refractivity contribution >= 4 is 29.1 Å². The first-order chi connectivity index (χ1) is 16.9. The molecule has 4 rings (SSSR count). The summed E-state index contributed by atoms with van der Waals surface area (Å²) in [5.41, 5.74) is 6.70. The Kier molecular flexibility index (Phi) is 7.32. The van der Waals surface area contributed by atoms with Crippen LogP contribution < -0.4 is 5.43 Å². The molecule has 0 fully saturated rings. The van der Waals surface area contributed by atoms with Crippen molar-refractivity contribution in [2.75, 3.05) is 5.75 Å². The highest BCUT2D eigenvalue weighted by Crippen LogP contribution is 2.28. The van der Waals surface area contributed by atoms with Gasteiger partial charge in [-0.05, 0) is 43.7 Å². The van der Waals surface area contributed by atoms with Crippen LogP contribution in [-0.2, 0) is 4.79 Å². The summed E-state index contributed by atoms with van der Waals surface area (Å²) >= 11 is 1.25. The highest BCUT2D eigenvalue weighted by atomic mass is 32.2. The number of nitro groups is 1. The third-order valence-electron chi connectivity index (χ3n) is 5.13. The minimum Gasteiger partial charge on any atom is -0.272 e. The van der Waals surface area contributed by atoms with Gasteiger partial charge < -0.3 is 0 Å². The molecule has 1 aromatic heterocycles. The lowest BCUT2D eigenvalue weighted by Crippen LogP contribution is -2.21. The number of amides is 1. The largest absolute Gasteiger partial charge is 0.272 e. The lowest BCUT2D eigenvalue weighted by atomic mass is 10.1. The number of nitrogens with one attached hydrogen (secondary N) is 1. The molecule has 0 bridgehead atoms. The number of nitro benzene ring substituents is 1. The van der Waals surface area contributed by atoms with Crippen LogP contribution in [0.25, 0.3) is 17.1 Å². The van der Waals surface area contributed by atoms with E-state index in [2.05, 4.69) is 20.7 Å². The van der Waals surface area contributed by atoms with Gasteiger partial charge in [-0.1, -0.05) is 59.8 Å². The van der Waals surface area contributed by atoms with Crippen LogP contribution in [0.4, 0.5) is 5.69 Å². The molecule has 35 heavy (non-hydrogen) atoms. The fourth-order valence-corrected chi connectivity index (χ4v) is 4.00. The van der Waals surface area contributed by atoms with Crippen LogP contribution in [0.2, 0.25) is 0 Å². The van der Waals surface area contributed by atoms with Crippen molar-refractivity contribution in [2.45, 2.75) is 19.0 Å². The Bertz CT molecular complexity index is 1370. The van der Waals surface area contributed by atoms with E-state index in [1.807, 2.05) is 66.1 Å². The molecule has 9 nitrogen and oxygen atoms in total. The van der Waals surface area contributed by atoms with Crippen molar-refractivity contribution in [2.24, 2.45) is 5.10 Å². The average Bonchev–Trinajstić information content (AvgIpc) is 3.31. The van der Waals surface area contributed by atoms with Gasteiger partial charge in [-0.3, -0.25) is 19.5 Å². The van der Waals surface area contributed by atoms with Crippen molar-refractivity contribution < 1.29 is 9.72 Å². The van der Waals surface area contributed by atoms with Gasteiger partial charge in [0, 0.05) is 23.4 Å². The standard InChI is InChI=1S/C25H22N6O3S/c1-17-8-10-20(11-9-17)24-28-29-25(30(24)21-6-4-3-5-7-21)35-16-23(32)27-26-18(2)19-12-14-22(15-13-19)31(33)34/h3-15H,16H2,1-2H3,(H,27,32)/b26-18+. The number of benzene rings is 3. The number of hydrazone groups is 1. The first kappa shape index (κ1) is 23.8. The summed E-state index contributed by atoms with van der Waals surface area (Å²) in [6.07, 6.45) is 0. The van der Waals surface area contributed by atoms with E-state index in [-0.39, 0.29) is 17.3 Å². The van der Waals surface area contributed by atoms with Gasteiger partial charge in [-0.2, -0.15) is 5.10 Å². The van der Waals surface area contributed by atoms with Crippen LogP contribution in [0.1, 0.15) is 18.1 Å². The molecule has 1 N–H and O–H groups in total. The molecule has 0 aliphatic rings. The van der Waals surface area contributed by atoms with Crippen molar-refractivity contribution in [1.29, 1.82) is 0 Å². The summed E-state index contributed by atoms with van der Waals surface area (Å²) in [7, 11) is 0. The number of carbonyl (C=O) groups is 1. The molecule has 1 amide bonds. The quantitative estimate of drug-likeness (QED) is 0.166. The van der Waals surface area contributed by atoms with Gasteiger partial charge in [-0.25, -0.2) is 5.43 Å². The van der Waals surface area contributed by atoms with Crippen molar-refractivity contribution in [3.05, 3.63) is 100 Å². The fourth-order valence-electron chi connectivity index (χ4n) is 3.26. The zero-order valence-corrected chi connectivity index (χ0v) is 19.9. The maximum Gasteiger partial charge on any atom is 0.269 e. The Hall–Kier alpha value is -4.31. The third kappa shape index (κ3) is 5.79. The zero-order valence-electron chi connectivity index (χ0n) is 19.1. The molecule has 0 radical (unpaired) electrons. The number of carbonyl (C=O) groups excluding carboxylic acids is 1. The number of aromatic nitrogens is 3. The molecule has 0 saturated carbocycles. The SMILES string of the molecule is C/C(=N\NC(=O)CSc1nnc(-c2ccc(C)cc2)n1-c1ccccc1)c1ccc([N+](=O)[O-])cc1. The smallest absolute Gasteiger partial charge is 0.269 e. The predicted octanol–water partition coefficient (Wildman–Crippen LogP) is 4.78. The van der Waals surface area contributed by atoms with E-state index in [0.29, 0.717) is 22.3 Å². The second-order valence-corrected chi connectivity index (χ2v) is 8.61. The number of non-ortho nitro benzene ring substituents is 1. The van der Waals surface area contributed by atoms with Crippen LogP contribution in [0.3, 0.4) is 0 Å². The highest BCUT2D eigenvalue weighted by Gasteiger charge is 2.17. The maximum absolute atomic E-state index is 12.5. The summed E-state index contributed by atoms with van der Waals surface area (Å²) in [5, 5.41) is 24.2. The van der Waals surface area contributed by atoms with Crippen LogP contribution >= 0.6 is 11.8 Å². The summed E-state index contributed by atoms with van der Waals surface area (Å²) < 4.78 is 1.92. The number of thioether (sulfide) groups is 1. The number of hydrogen-bond donors (Lipinski definition) is 1. The Morgan fingerprint density at radius 2 is 1.71 bits per heavy atom. The van der Waals surface area contributed by atoms with E-state index in [4.69, 9.17) is 0 Å². The molecule has 3 aromatic carbocycles. The number of hydrogen-bond acceptors (Lipinski definition) is 7. The van der Waals surface area contributed by atoms with Crippen molar-refractivity contribution in [3.63, 3.8) is 0 Å². The van der Waals surface area contributed by atoms with Crippen LogP contribution in [0, 0.1) is 17.0 Å². The Morgan fingerprint density at radius 1 is 1.03 bits per heavy atom. The number of para-hydroxylation sites is 1. The molecule has 0 aliphatic carbocycles. The second-order valence-electron chi connectivity index (χ2n) is 7.67. The number of aryl methyl sites for hydroxylation is 1. The van der Waals surface area contributed by atoms with Crippen LogP contribution in [-0.4, -0.2) is 37.1 Å². The van der Waals surface area contributed by atoms with Gasteiger partial charge in [0.15, 0.2) is 11.0 Å². The van der Waals surface area contributed by atoms with Gasteiger partial charge in [0.1, 0.15) is 0 Å². The molecular weight excluding hydrogens is 464 g/mol. The molecule has 4 aromatic rings. The molecule has 176 valence electrons. The summed E-state index contributed by atoms with van der Waals surface area (Å²) in [4.78, 5) is 22.8. The minimum absolute atomic E-state index is 0.00507. The normalized spacial score (nSPS) is 11.3. The topological polar surface area (TPSA) is 115 Å². The lowest BCUT2D eigenvalue weighted by Gasteiger charge is -2.10. The van der Waals surface area contributed by atoms with Gasteiger partial charge >= 0.3 is 0 Å². The maximum atomic E-state index is 12.5. The fraction of sp³-hybridized carbons (Fsp3) is 0.120. The van der Waals surface area contributed by atoms with Crippen molar-refractivity contribution in [1.82, 2.24) is 20.2 Å². The lowest BCUT2D eigenvalue weighted by molar-refractivity contribution is -0.384. The van der Waals surface area contributed by atoms with Gasteiger partial charge in [0.05, 0.1) is 16.4 Å². The first-order valence-electron chi connectivity index (χ1n) is 10.7. The minimum atomic E-state index is -0.465. The van der Waals surface area contributed by atoms with Crippen LogP contribution in [0.5, 0.6) is 0 Å². The van der Waals surface area contributed by atoms with E-state index in [1.54, 1.807) is 19.1 Å². The molecule has 1 heterocycles. The monoisotopic (exact) mass is 486 g/mol. The van der Waals surface area contributed by atoms with E-state index in [1.165, 1.54) is 23.9 Å². The van der Waals surface area contributed by atoms with Gasteiger partial charge in [-0.15, -0.1) is 10.2 Å². The number of rotatable bonds is 8. The Balaban J connectivity index is 1.48. The summed E-state index contributed by atoms with van der Waals surface area (Å²) in [6.45, 7) is 3.74.